The molecule has 6 heteroatoms. The van der Waals surface area contributed by atoms with Crippen molar-refractivity contribution in [2.24, 2.45) is 11.1 Å². The molecule has 0 bridgehead atoms. The van der Waals surface area contributed by atoms with E-state index in [-0.39, 0.29) is 18.7 Å². The highest BCUT2D eigenvalue weighted by atomic mass is 16.4. The summed E-state index contributed by atoms with van der Waals surface area (Å²) in [6.07, 6.45) is 18.6. The van der Waals surface area contributed by atoms with Gasteiger partial charge in [0.2, 0.25) is 5.91 Å². The predicted octanol–water partition coefficient (Wildman–Crippen LogP) is 6.23. The van der Waals surface area contributed by atoms with E-state index in [0.717, 1.165) is 70.6 Å². The number of carboxylic acids is 2. The van der Waals surface area contributed by atoms with Crippen molar-refractivity contribution in [3.05, 3.63) is 12.7 Å². The van der Waals surface area contributed by atoms with Crippen LogP contribution in [-0.4, -0.2) is 28.1 Å². The zero-order chi connectivity index (χ0) is 23.4. The number of amides is 1. The molecule has 31 heavy (non-hydrogen) atoms. The number of carbonyl (C=O) groups is 3. The van der Waals surface area contributed by atoms with Gasteiger partial charge in [-0.1, -0.05) is 89.5 Å². The zero-order valence-corrected chi connectivity index (χ0v) is 19.4. The van der Waals surface area contributed by atoms with Crippen molar-refractivity contribution in [1.29, 1.82) is 0 Å². The zero-order valence-electron chi connectivity index (χ0n) is 19.4. The van der Waals surface area contributed by atoms with Crippen LogP contribution in [0.2, 0.25) is 0 Å². The summed E-state index contributed by atoms with van der Waals surface area (Å²) in [5.74, 6) is -2.64. The highest BCUT2D eigenvalue weighted by Crippen LogP contribution is 2.33. The monoisotopic (exact) mass is 439 g/mol. The van der Waals surface area contributed by atoms with Gasteiger partial charge in [-0.25, -0.2) is 0 Å². The maximum atomic E-state index is 11.8. The van der Waals surface area contributed by atoms with E-state index >= 15 is 0 Å². The molecule has 1 amide bonds. The first-order valence-corrected chi connectivity index (χ1v) is 12.2. The molecule has 0 saturated carbocycles. The van der Waals surface area contributed by atoms with Crippen LogP contribution in [0.15, 0.2) is 12.7 Å². The summed E-state index contributed by atoms with van der Waals surface area (Å²) in [6.45, 7) is 3.72. The third kappa shape index (κ3) is 14.7. The molecule has 0 atom stereocenters. The minimum Gasteiger partial charge on any atom is -0.480 e. The maximum absolute atomic E-state index is 11.8. The van der Waals surface area contributed by atoms with Gasteiger partial charge in [0.25, 0.3) is 0 Å². The van der Waals surface area contributed by atoms with Crippen molar-refractivity contribution >= 4 is 17.8 Å². The fraction of sp³-hybridized carbons (Fsp3) is 0.800. The molecule has 0 radical (unpaired) electrons. The number of hydrogen-bond acceptors (Lipinski definition) is 3. The Morgan fingerprint density at radius 1 is 0.645 bits per heavy atom. The lowest BCUT2D eigenvalue weighted by Gasteiger charge is -2.25. The van der Waals surface area contributed by atoms with Crippen LogP contribution in [0.5, 0.6) is 0 Å². The van der Waals surface area contributed by atoms with Crippen LogP contribution in [0.3, 0.4) is 0 Å². The number of aliphatic carboxylic acids is 2. The standard InChI is InChI=1S/C25H45NO5/c1-2-3-4-5-6-8-11-14-17-20-25(23(28)29,24(30)31)21-18-15-12-9-7-10-13-16-19-22(26)27/h2H,1,3-21H2,(H2,26,27)(H,28,29)(H,30,31). The average molecular weight is 440 g/mol. The second-order valence-corrected chi connectivity index (χ2v) is 8.79. The minimum atomic E-state index is -1.64. The molecule has 0 fully saturated rings. The summed E-state index contributed by atoms with van der Waals surface area (Å²) in [6, 6.07) is 0. The minimum absolute atomic E-state index is 0.206. The van der Waals surface area contributed by atoms with E-state index in [2.05, 4.69) is 6.58 Å². The molecule has 0 spiro atoms. The topological polar surface area (TPSA) is 118 Å². The van der Waals surface area contributed by atoms with E-state index in [9.17, 15) is 24.6 Å². The molecule has 0 aliphatic rings. The number of nitrogens with two attached hydrogens (primary N) is 1. The quantitative estimate of drug-likeness (QED) is 0.0991. The Morgan fingerprint density at radius 3 is 1.35 bits per heavy atom. The van der Waals surface area contributed by atoms with Gasteiger partial charge in [0, 0.05) is 6.42 Å². The normalized spacial score (nSPS) is 11.4. The molecule has 0 aromatic rings. The van der Waals surface area contributed by atoms with E-state index in [1.165, 1.54) is 19.3 Å². The molecule has 0 aliphatic carbocycles. The Bertz CT molecular complexity index is 504. The van der Waals surface area contributed by atoms with Crippen molar-refractivity contribution in [3.8, 4) is 0 Å². The third-order valence-electron chi connectivity index (χ3n) is 6.11. The number of carbonyl (C=O) groups excluding carboxylic acids is 1. The summed E-state index contributed by atoms with van der Waals surface area (Å²) in [4.78, 5) is 34.3. The lowest BCUT2D eigenvalue weighted by atomic mass is 9.78. The summed E-state index contributed by atoms with van der Waals surface area (Å²) in [5, 5.41) is 19.3. The molecule has 0 heterocycles. The van der Waals surface area contributed by atoms with Crippen LogP contribution in [0.1, 0.15) is 122 Å². The summed E-state index contributed by atoms with van der Waals surface area (Å²) >= 11 is 0. The lowest BCUT2D eigenvalue weighted by Crippen LogP contribution is -2.39. The van der Waals surface area contributed by atoms with E-state index in [1.54, 1.807) is 0 Å². The number of rotatable bonds is 23. The largest absolute Gasteiger partial charge is 0.480 e. The molecular formula is C25H45NO5. The Balaban J connectivity index is 4.05. The SMILES string of the molecule is C=CCCCCCCCCCC(CCCCCCCCCCC(N)=O)(C(=O)O)C(=O)O. The van der Waals surface area contributed by atoms with Crippen LogP contribution >= 0.6 is 0 Å². The van der Waals surface area contributed by atoms with Crippen molar-refractivity contribution < 1.29 is 24.6 Å². The summed E-state index contributed by atoms with van der Waals surface area (Å²) in [7, 11) is 0. The highest BCUT2D eigenvalue weighted by molar-refractivity contribution is 5.98. The molecule has 0 saturated heterocycles. The Labute approximate surface area is 188 Å². The molecule has 6 nitrogen and oxygen atoms in total. The highest BCUT2D eigenvalue weighted by Gasteiger charge is 2.45. The van der Waals surface area contributed by atoms with Gasteiger partial charge < -0.3 is 15.9 Å². The molecule has 0 aromatic heterocycles. The number of hydrogen-bond donors (Lipinski definition) is 3. The Hall–Kier alpha value is -1.85. The van der Waals surface area contributed by atoms with Gasteiger partial charge in [-0.3, -0.25) is 14.4 Å². The molecule has 0 rings (SSSR count). The Kier molecular flexibility index (Phi) is 17.8. The van der Waals surface area contributed by atoms with Crippen LogP contribution in [-0.2, 0) is 14.4 Å². The van der Waals surface area contributed by atoms with E-state index in [4.69, 9.17) is 5.73 Å². The molecule has 0 unspecified atom stereocenters. The molecular weight excluding hydrogens is 394 g/mol. The first-order valence-electron chi connectivity index (χ1n) is 12.2. The average Bonchev–Trinajstić information content (AvgIpc) is 2.71. The molecule has 0 aliphatic heterocycles. The number of primary amides is 1. The second kappa shape index (κ2) is 18.9. The van der Waals surface area contributed by atoms with Gasteiger partial charge in [-0.2, -0.15) is 0 Å². The van der Waals surface area contributed by atoms with Crippen LogP contribution < -0.4 is 5.73 Å². The van der Waals surface area contributed by atoms with Gasteiger partial charge in [0.1, 0.15) is 0 Å². The summed E-state index contributed by atoms with van der Waals surface area (Å²) < 4.78 is 0. The van der Waals surface area contributed by atoms with Crippen molar-refractivity contribution in [3.63, 3.8) is 0 Å². The van der Waals surface area contributed by atoms with E-state index < -0.39 is 17.4 Å². The predicted molar refractivity (Wildman–Crippen MR) is 125 cm³/mol. The van der Waals surface area contributed by atoms with Crippen LogP contribution in [0.25, 0.3) is 0 Å². The molecule has 4 N–H and O–H groups in total. The molecule has 180 valence electrons. The fourth-order valence-corrected chi connectivity index (χ4v) is 4.03. The van der Waals surface area contributed by atoms with Gasteiger partial charge >= 0.3 is 11.9 Å². The third-order valence-corrected chi connectivity index (χ3v) is 6.11. The first kappa shape index (κ1) is 29.1. The van der Waals surface area contributed by atoms with Crippen LogP contribution in [0, 0.1) is 5.41 Å². The van der Waals surface area contributed by atoms with Crippen molar-refractivity contribution in [2.75, 3.05) is 0 Å². The van der Waals surface area contributed by atoms with Crippen molar-refractivity contribution in [2.45, 2.75) is 122 Å². The van der Waals surface area contributed by atoms with Gasteiger partial charge in [-0.15, -0.1) is 6.58 Å². The van der Waals surface area contributed by atoms with Gasteiger partial charge in [0.15, 0.2) is 5.41 Å². The number of carboxylic acid groups (broad SMARTS) is 2. The number of allylic oxidation sites excluding steroid dienone is 1. The molecule has 0 aromatic carbocycles. The van der Waals surface area contributed by atoms with Crippen molar-refractivity contribution in [1.82, 2.24) is 0 Å². The van der Waals surface area contributed by atoms with E-state index in [0.29, 0.717) is 19.3 Å². The lowest BCUT2D eigenvalue weighted by molar-refractivity contribution is -0.166. The first-order chi connectivity index (χ1) is 14.9. The smallest absolute Gasteiger partial charge is 0.321 e. The second-order valence-electron chi connectivity index (χ2n) is 8.79. The maximum Gasteiger partial charge on any atom is 0.321 e. The fourth-order valence-electron chi connectivity index (χ4n) is 4.03. The summed E-state index contributed by atoms with van der Waals surface area (Å²) in [5.41, 5.74) is 3.47. The van der Waals surface area contributed by atoms with Gasteiger partial charge in [0.05, 0.1) is 0 Å². The van der Waals surface area contributed by atoms with E-state index in [1.807, 2.05) is 6.08 Å². The number of unbranched alkanes of at least 4 members (excludes halogenated alkanes) is 14. The Morgan fingerprint density at radius 2 is 1.00 bits per heavy atom. The van der Waals surface area contributed by atoms with Crippen LogP contribution in [0.4, 0.5) is 0 Å². The van der Waals surface area contributed by atoms with Gasteiger partial charge in [-0.05, 0) is 32.1 Å².